The molecule has 2 aromatic carbocycles. The summed E-state index contributed by atoms with van der Waals surface area (Å²) in [6, 6.07) is 10.3. The van der Waals surface area contributed by atoms with E-state index in [1.54, 1.807) is 37.3 Å². The number of amides is 1. The number of carbonyl (C=O) groups excluding carboxylic acids is 1. The molecular formula is C20H24N2O5S. The summed E-state index contributed by atoms with van der Waals surface area (Å²) in [5, 5.41) is 2.86. The number of nitrogens with zero attached hydrogens (tertiary/aromatic N) is 1. The van der Waals surface area contributed by atoms with Crippen molar-refractivity contribution < 1.29 is 22.7 Å². The molecule has 1 heterocycles. The number of carbonyl (C=O) groups is 1. The third kappa shape index (κ3) is 3.91. The number of anilines is 2. The van der Waals surface area contributed by atoms with Gasteiger partial charge in [0.25, 0.3) is 5.91 Å². The fourth-order valence-corrected chi connectivity index (χ4v) is 4.46. The highest BCUT2D eigenvalue weighted by Crippen LogP contribution is 2.32. The molecule has 0 saturated heterocycles. The van der Waals surface area contributed by atoms with E-state index in [1.165, 1.54) is 18.5 Å². The van der Waals surface area contributed by atoms with Crippen molar-refractivity contribution in [3.05, 3.63) is 47.5 Å². The lowest BCUT2D eigenvalue weighted by molar-refractivity contribution is 0.102. The minimum Gasteiger partial charge on any atom is -0.493 e. The highest BCUT2D eigenvalue weighted by atomic mass is 32.2. The van der Waals surface area contributed by atoms with Crippen LogP contribution in [0.4, 0.5) is 11.4 Å². The predicted molar refractivity (Wildman–Crippen MR) is 109 cm³/mol. The molecule has 150 valence electrons. The third-order valence-electron chi connectivity index (χ3n) is 4.76. The molecule has 8 heteroatoms. The Morgan fingerprint density at radius 1 is 1.11 bits per heavy atom. The lowest BCUT2D eigenvalue weighted by Crippen LogP contribution is -2.36. The van der Waals surface area contributed by atoms with E-state index in [9.17, 15) is 13.2 Å². The number of nitrogens with one attached hydrogen (secondary N) is 1. The van der Waals surface area contributed by atoms with Crippen LogP contribution in [-0.2, 0) is 16.4 Å². The first-order valence-electron chi connectivity index (χ1n) is 9.06. The van der Waals surface area contributed by atoms with E-state index in [0.29, 0.717) is 35.0 Å². The Labute approximate surface area is 165 Å². The van der Waals surface area contributed by atoms with Crippen LogP contribution in [0.25, 0.3) is 0 Å². The number of methoxy groups -OCH3 is 2. The Morgan fingerprint density at radius 3 is 2.54 bits per heavy atom. The monoisotopic (exact) mass is 404 g/mol. The van der Waals surface area contributed by atoms with Crippen molar-refractivity contribution in [2.24, 2.45) is 0 Å². The zero-order valence-electron chi connectivity index (χ0n) is 16.2. The van der Waals surface area contributed by atoms with Gasteiger partial charge in [-0.25, -0.2) is 8.42 Å². The van der Waals surface area contributed by atoms with E-state index >= 15 is 0 Å². The smallest absolute Gasteiger partial charge is 0.255 e. The zero-order valence-corrected chi connectivity index (χ0v) is 17.0. The molecule has 0 atom stereocenters. The van der Waals surface area contributed by atoms with Gasteiger partial charge in [-0.1, -0.05) is 0 Å². The zero-order chi connectivity index (χ0) is 20.3. The molecule has 1 aliphatic heterocycles. The Balaban J connectivity index is 1.84. The van der Waals surface area contributed by atoms with Crippen molar-refractivity contribution >= 4 is 27.3 Å². The number of rotatable bonds is 6. The number of sulfonamides is 1. The maximum absolute atomic E-state index is 12.6. The van der Waals surface area contributed by atoms with Crippen molar-refractivity contribution in [1.82, 2.24) is 0 Å². The van der Waals surface area contributed by atoms with E-state index in [0.717, 1.165) is 18.4 Å². The first-order chi connectivity index (χ1) is 13.4. The summed E-state index contributed by atoms with van der Waals surface area (Å²) < 4.78 is 36.5. The number of benzene rings is 2. The average Bonchev–Trinajstić information content (AvgIpc) is 2.72. The second kappa shape index (κ2) is 8.10. The summed E-state index contributed by atoms with van der Waals surface area (Å²) in [5.41, 5.74) is 2.66. The van der Waals surface area contributed by atoms with E-state index < -0.39 is 10.0 Å². The molecule has 0 bridgehead atoms. The molecule has 7 nitrogen and oxygen atoms in total. The quantitative estimate of drug-likeness (QED) is 0.800. The number of hydrogen-bond donors (Lipinski definition) is 1. The molecule has 0 radical (unpaired) electrons. The first kappa shape index (κ1) is 20.0. The van der Waals surface area contributed by atoms with Crippen LogP contribution in [0.5, 0.6) is 11.5 Å². The molecule has 0 unspecified atom stereocenters. The number of ether oxygens (including phenoxy) is 2. The van der Waals surface area contributed by atoms with Crippen molar-refractivity contribution in [2.45, 2.75) is 19.8 Å². The fourth-order valence-electron chi connectivity index (χ4n) is 3.27. The molecule has 3 rings (SSSR count). The molecular weight excluding hydrogens is 380 g/mol. The van der Waals surface area contributed by atoms with Crippen molar-refractivity contribution in [1.29, 1.82) is 0 Å². The van der Waals surface area contributed by atoms with Crippen LogP contribution in [0.3, 0.4) is 0 Å². The van der Waals surface area contributed by atoms with Crippen LogP contribution in [0.1, 0.15) is 29.3 Å². The fraction of sp³-hybridized carbons (Fsp3) is 0.350. The summed E-state index contributed by atoms with van der Waals surface area (Å²) in [4.78, 5) is 12.6. The average molecular weight is 404 g/mol. The third-order valence-corrected chi connectivity index (χ3v) is 6.54. The minimum atomic E-state index is -3.31. The highest BCUT2D eigenvalue weighted by Gasteiger charge is 2.26. The lowest BCUT2D eigenvalue weighted by Gasteiger charge is -2.30. The van der Waals surface area contributed by atoms with Crippen molar-refractivity contribution in [3.8, 4) is 11.5 Å². The molecule has 0 fully saturated rings. The minimum absolute atomic E-state index is 0.0598. The summed E-state index contributed by atoms with van der Waals surface area (Å²) in [5.74, 6) is 0.797. The Bertz CT molecular complexity index is 988. The largest absolute Gasteiger partial charge is 0.493 e. The molecule has 2 aromatic rings. The Kier molecular flexibility index (Phi) is 5.79. The van der Waals surface area contributed by atoms with Crippen molar-refractivity contribution in [2.75, 3.05) is 36.1 Å². The van der Waals surface area contributed by atoms with Gasteiger partial charge in [0.2, 0.25) is 10.0 Å². The van der Waals surface area contributed by atoms with E-state index in [1.807, 2.05) is 6.07 Å². The van der Waals surface area contributed by atoms with Gasteiger partial charge in [-0.2, -0.15) is 0 Å². The molecule has 0 aromatic heterocycles. The second-order valence-corrected chi connectivity index (χ2v) is 8.63. The van der Waals surface area contributed by atoms with Gasteiger partial charge in [-0.3, -0.25) is 9.10 Å². The number of fused-ring (bicyclic) bond motifs is 1. The van der Waals surface area contributed by atoms with Crippen LogP contribution < -0.4 is 19.1 Å². The van der Waals surface area contributed by atoms with Gasteiger partial charge in [0.05, 0.1) is 25.7 Å². The van der Waals surface area contributed by atoms with Crippen LogP contribution in [0.2, 0.25) is 0 Å². The highest BCUT2D eigenvalue weighted by molar-refractivity contribution is 7.92. The van der Waals surface area contributed by atoms with Crippen LogP contribution in [-0.4, -0.2) is 40.8 Å². The maximum atomic E-state index is 12.6. The van der Waals surface area contributed by atoms with Crippen LogP contribution >= 0.6 is 0 Å². The van der Waals surface area contributed by atoms with E-state index in [2.05, 4.69) is 5.32 Å². The first-order valence-corrected chi connectivity index (χ1v) is 10.7. The molecule has 1 N–H and O–H groups in total. The van der Waals surface area contributed by atoms with Gasteiger partial charge >= 0.3 is 0 Å². The van der Waals surface area contributed by atoms with E-state index in [4.69, 9.17) is 9.47 Å². The predicted octanol–water partition coefficient (Wildman–Crippen LogP) is 3.06. The van der Waals surface area contributed by atoms with Gasteiger partial charge in [-0.05, 0) is 61.7 Å². The maximum Gasteiger partial charge on any atom is 0.255 e. The van der Waals surface area contributed by atoms with Gasteiger partial charge in [0, 0.05) is 17.8 Å². The molecule has 0 spiro atoms. The van der Waals surface area contributed by atoms with E-state index in [-0.39, 0.29) is 11.7 Å². The Hall–Kier alpha value is -2.74. The topological polar surface area (TPSA) is 84.9 Å². The number of aryl methyl sites for hydroxylation is 1. The molecule has 1 aliphatic rings. The molecule has 0 saturated carbocycles. The Morgan fingerprint density at radius 2 is 1.86 bits per heavy atom. The standard InChI is InChI=1S/C20H24N2O5S/c1-4-28(24,25)22-11-5-6-14-12-16(8-9-17(14)22)21-20(23)15-7-10-18(26-2)19(13-15)27-3/h7-10,12-13H,4-6,11H2,1-3H3,(H,21,23). The van der Waals surface area contributed by atoms with Crippen LogP contribution in [0.15, 0.2) is 36.4 Å². The molecule has 0 aliphatic carbocycles. The lowest BCUT2D eigenvalue weighted by atomic mass is 10.0. The summed E-state index contributed by atoms with van der Waals surface area (Å²) in [6.45, 7) is 2.13. The summed E-state index contributed by atoms with van der Waals surface area (Å²) in [7, 11) is -0.260. The van der Waals surface area contributed by atoms with Crippen LogP contribution in [0, 0.1) is 0 Å². The SMILES string of the molecule is CCS(=O)(=O)N1CCCc2cc(NC(=O)c3ccc(OC)c(OC)c3)ccc21. The van der Waals surface area contributed by atoms with Gasteiger partial charge in [-0.15, -0.1) is 0 Å². The number of hydrogen-bond acceptors (Lipinski definition) is 5. The van der Waals surface area contributed by atoms with Gasteiger partial charge in [0.15, 0.2) is 11.5 Å². The second-order valence-electron chi connectivity index (χ2n) is 6.44. The summed E-state index contributed by atoms with van der Waals surface area (Å²) in [6.07, 6.45) is 1.52. The normalized spacial score (nSPS) is 13.6. The summed E-state index contributed by atoms with van der Waals surface area (Å²) >= 11 is 0. The van der Waals surface area contributed by atoms with Gasteiger partial charge < -0.3 is 14.8 Å². The van der Waals surface area contributed by atoms with Crippen molar-refractivity contribution in [3.63, 3.8) is 0 Å². The molecule has 28 heavy (non-hydrogen) atoms. The van der Waals surface area contributed by atoms with Gasteiger partial charge in [0.1, 0.15) is 0 Å². The molecule has 1 amide bonds.